The van der Waals surface area contributed by atoms with Gasteiger partial charge in [-0.05, 0) is 85.1 Å². The second-order valence-corrected chi connectivity index (χ2v) is 14.0. The SMILES string of the molecule is CCC(C)NC(=O)C(Cc1ccccc1)N(Cc1cccc(OC)c1)C(=O)CN(c1ccc(Oc2ccccc2)cc1)S(=O)(=O)c1ccccc1. The molecule has 2 unspecified atom stereocenters. The van der Waals surface area contributed by atoms with E-state index in [-0.39, 0.29) is 35.5 Å². The molecule has 5 aromatic carbocycles. The van der Waals surface area contributed by atoms with Gasteiger partial charge in [0.05, 0.1) is 17.7 Å². The van der Waals surface area contributed by atoms with Gasteiger partial charge in [-0.25, -0.2) is 8.42 Å². The lowest BCUT2D eigenvalue weighted by molar-refractivity contribution is -0.140. The van der Waals surface area contributed by atoms with Gasteiger partial charge in [0.1, 0.15) is 29.8 Å². The Balaban J connectivity index is 1.56. The van der Waals surface area contributed by atoms with Crippen LogP contribution in [0.1, 0.15) is 31.4 Å². The van der Waals surface area contributed by atoms with Crippen molar-refractivity contribution in [2.75, 3.05) is 18.0 Å². The first-order chi connectivity index (χ1) is 24.7. The standard InChI is InChI=1S/C41H43N3O6S/c1-4-31(2)42-41(46)39(28-32-15-8-5-9-16-32)43(29-33-17-14-20-37(27-33)49-3)40(45)30-44(51(47,48)38-21-12-7-13-22-38)34-23-25-36(26-24-34)50-35-18-10-6-11-19-35/h5-27,31,39H,4,28-30H2,1-3H3,(H,42,46). The van der Waals surface area contributed by atoms with Crippen molar-refractivity contribution in [3.8, 4) is 17.2 Å². The molecule has 0 aliphatic heterocycles. The van der Waals surface area contributed by atoms with E-state index in [1.165, 1.54) is 17.0 Å². The maximum absolute atomic E-state index is 14.7. The van der Waals surface area contributed by atoms with E-state index >= 15 is 0 Å². The Hall–Kier alpha value is -5.61. The van der Waals surface area contributed by atoms with Gasteiger partial charge in [0.2, 0.25) is 11.8 Å². The van der Waals surface area contributed by atoms with Crippen molar-refractivity contribution in [1.82, 2.24) is 10.2 Å². The first kappa shape index (κ1) is 36.7. The van der Waals surface area contributed by atoms with Crippen LogP contribution < -0.4 is 19.1 Å². The van der Waals surface area contributed by atoms with Crippen LogP contribution in [0.4, 0.5) is 5.69 Å². The van der Waals surface area contributed by atoms with Crippen molar-refractivity contribution in [2.45, 2.75) is 50.2 Å². The van der Waals surface area contributed by atoms with Crippen molar-refractivity contribution in [2.24, 2.45) is 0 Å². The maximum atomic E-state index is 14.7. The first-order valence-corrected chi connectivity index (χ1v) is 18.3. The van der Waals surface area contributed by atoms with E-state index in [2.05, 4.69) is 5.32 Å². The molecule has 0 heterocycles. The van der Waals surface area contributed by atoms with Crippen LogP contribution in [-0.2, 0) is 32.6 Å². The summed E-state index contributed by atoms with van der Waals surface area (Å²) in [5.74, 6) is 0.835. The van der Waals surface area contributed by atoms with Crippen LogP contribution in [0, 0.1) is 0 Å². The molecule has 0 bridgehead atoms. The number of sulfonamides is 1. The lowest BCUT2D eigenvalue weighted by Gasteiger charge is -2.34. The Bertz CT molecular complexity index is 1980. The molecule has 2 atom stereocenters. The number of hydrogen-bond acceptors (Lipinski definition) is 6. The summed E-state index contributed by atoms with van der Waals surface area (Å²) in [7, 11) is -2.68. The van der Waals surface area contributed by atoms with E-state index < -0.39 is 28.5 Å². The largest absolute Gasteiger partial charge is 0.497 e. The van der Waals surface area contributed by atoms with Crippen LogP contribution in [0.2, 0.25) is 0 Å². The molecule has 2 amide bonds. The van der Waals surface area contributed by atoms with Crippen LogP contribution >= 0.6 is 0 Å². The molecule has 10 heteroatoms. The highest BCUT2D eigenvalue weighted by Crippen LogP contribution is 2.29. The van der Waals surface area contributed by atoms with Gasteiger partial charge in [-0.1, -0.05) is 85.8 Å². The second kappa shape index (κ2) is 17.4. The number of carbonyl (C=O) groups is 2. The minimum atomic E-state index is -4.24. The van der Waals surface area contributed by atoms with Crippen LogP contribution in [-0.4, -0.2) is 50.9 Å². The van der Waals surface area contributed by atoms with Crippen molar-refractivity contribution < 1.29 is 27.5 Å². The molecule has 5 rings (SSSR count). The number of para-hydroxylation sites is 1. The number of nitrogens with zero attached hydrogens (tertiary/aromatic N) is 2. The summed E-state index contributed by atoms with van der Waals surface area (Å²) in [6.07, 6.45) is 0.913. The molecule has 0 aromatic heterocycles. The Labute approximate surface area is 300 Å². The lowest BCUT2D eigenvalue weighted by atomic mass is 10.0. The van der Waals surface area contributed by atoms with Crippen LogP contribution in [0.3, 0.4) is 0 Å². The molecule has 0 aliphatic rings. The normalized spacial score (nSPS) is 12.3. The number of anilines is 1. The third-order valence-corrected chi connectivity index (χ3v) is 10.3. The number of rotatable bonds is 16. The minimum Gasteiger partial charge on any atom is -0.497 e. The van der Waals surface area contributed by atoms with Gasteiger partial charge in [-0.3, -0.25) is 13.9 Å². The molecule has 0 saturated carbocycles. The Morgan fingerprint density at radius 3 is 1.92 bits per heavy atom. The van der Waals surface area contributed by atoms with E-state index in [1.54, 1.807) is 61.7 Å². The van der Waals surface area contributed by atoms with Crippen molar-refractivity contribution in [3.05, 3.63) is 151 Å². The number of nitrogens with one attached hydrogen (secondary N) is 1. The molecule has 264 valence electrons. The van der Waals surface area contributed by atoms with Crippen LogP contribution in [0.15, 0.2) is 144 Å². The molecule has 0 saturated heterocycles. The first-order valence-electron chi connectivity index (χ1n) is 16.9. The Morgan fingerprint density at radius 1 is 0.725 bits per heavy atom. The third kappa shape index (κ3) is 9.76. The zero-order chi connectivity index (χ0) is 36.2. The van der Waals surface area contributed by atoms with E-state index in [0.29, 0.717) is 23.7 Å². The van der Waals surface area contributed by atoms with Crippen molar-refractivity contribution in [3.63, 3.8) is 0 Å². The van der Waals surface area contributed by atoms with E-state index in [4.69, 9.17) is 9.47 Å². The smallest absolute Gasteiger partial charge is 0.264 e. The topological polar surface area (TPSA) is 105 Å². The predicted octanol–water partition coefficient (Wildman–Crippen LogP) is 7.24. The molecule has 0 aliphatic carbocycles. The average molecular weight is 706 g/mol. The van der Waals surface area contributed by atoms with Gasteiger partial charge >= 0.3 is 0 Å². The predicted molar refractivity (Wildman–Crippen MR) is 199 cm³/mol. The summed E-state index contributed by atoms with van der Waals surface area (Å²) >= 11 is 0. The van der Waals surface area contributed by atoms with Gasteiger partial charge in [0.15, 0.2) is 0 Å². The maximum Gasteiger partial charge on any atom is 0.264 e. The fraction of sp³-hybridized carbons (Fsp3) is 0.220. The summed E-state index contributed by atoms with van der Waals surface area (Å²) in [4.78, 5) is 30.3. The number of carbonyl (C=O) groups excluding carboxylic acids is 2. The zero-order valence-electron chi connectivity index (χ0n) is 29.0. The molecule has 1 N–H and O–H groups in total. The van der Waals surface area contributed by atoms with E-state index in [0.717, 1.165) is 15.4 Å². The number of amides is 2. The summed E-state index contributed by atoms with van der Waals surface area (Å²) in [6, 6.07) is 39.4. The van der Waals surface area contributed by atoms with Gasteiger partial charge in [-0.15, -0.1) is 0 Å². The van der Waals surface area contributed by atoms with Gasteiger partial charge < -0.3 is 19.7 Å². The van der Waals surface area contributed by atoms with Crippen molar-refractivity contribution >= 4 is 27.5 Å². The Morgan fingerprint density at radius 2 is 1.29 bits per heavy atom. The van der Waals surface area contributed by atoms with Gasteiger partial charge in [0, 0.05) is 19.0 Å². The molecule has 0 radical (unpaired) electrons. The molecule has 0 spiro atoms. The zero-order valence-corrected chi connectivity index (χ0v) is 29.8. The number of ether oxygens (including phenoxy) is 2. The quantitative estimate of drug-likeness (QED) is 0.116. The minimum absolute atomic E-state index is 0.0251. The summed E-state index contributed by atoms with van der Waals surface area (Å²) in [5.41, 5.74) is 1.84. The summed E-state index contributed by atoms with van der Waals surface area (Å²) in [5, 5.41) is 3.06. The van der Waals surface area contributed by atoms with Crippen molar-refractivity contribution in [1.29, 1.82) is 0 Å². The van der Waals surface area contributed by atoms with E-state index in [9.17, 15) is 18.0 Å². The number of benzene rings is 5. The van der Waals surface area contributed by atoms with Gasteiger partial charge in [0.25, 0.3) is 10.0 Å². The third-order valence-electron chi connectivity index (χ3n) is 8.47. The Kier molecular flexibility index (Phi) is 12.5. The average Bonchev–Trinajstić information content (AvgIpc) is 3.16. The molecule has 5 aromatic rings. The monoisotopic (exact) mass is 705 g/mol. The highest BCUT2D eigenvalue weighted by atomic mass is 32.2. The number of methoxy groups -OCH3 is 1. The number of hydrogen-bond donors (Lipinski definition) is 1. The fourth-order valence-corrected chi connectivity index (χ4v) is 6.95. The van der Waals surface area contributed by atoms with Crippen LogP contribution in [0.5, 0.6) is 17.2 Å². The highest BCUT2D eigenvalue weighted by molar-refractivity contribution is 7.92. The molecule has 0 fully saturated rings. The fourth-order valence-electron chi connectivity index (χ4n) is 5.52. The van der Waals surface area contributed by atoms with Gasteiger partial charge in [-0.2, -0.15) is 0 Å². The molecular weight excluding hydrogens is 663 g/mol. The highest BCUT2D eigenvalue weighted by Gasteiger charge is 2.35. The van der Waals surface area contributed by atoms with E-state index in [1.807, 2.05) is 86.6 Å². The summed E-state index contributed by atoms with van der Waals surface area (Å²) in [6.45, 7) is 3.34. The van der Waals surface area contributed by atoms with Crippen LogP contribution in [0.25, 0.3) is 0 Å². The molecular formula is C41H43N3O6S. The summed E-state index contributed by atoms with van der Waals surface area (Å²) < 4.78 is 41.1. The lowest BCUT2D eigenvalue weighted by Crippen LogP contribution is -2.54. The molecule has 9 nitrogen and oxygen atoms in total. The molecule has 51 heavy (non-hydrogen) atoms. The second-order valence-electron chi connectivity index (χ2n) is 12.1.